The number of fused-ring (bicyclic) bond motifs is 2. The average molecular weight is 495 g/mol. The van der Waals surface area contributed by atoms with Crippen molar-refractivity contribution < 1.29 is 18.0 Å². The van der Waals surface area contributed by atoms with Crippen LogP contribution in [0.4, 0.5) is 13.2 Å². The monoisotopic (exact) mass is 495 g/mol. The Balaban J connectivity index is 1.56. The molecule has 36 heavy (non-hydrogen) atoms. The fourth-order valence-electron chi connectivity index (χ4n) is 4.20. The highest BCUT2D eigenvalue weighted by Gasteiger charge is 2.28. The van der Waals surface area contributed by atoms with Gasteiger partial charge in [-0.1, -0.05) is 12.1 Å². The third-order valence-corrected chi connectivity index (χ3v) is 5.90. The third-order valence-electron chi connectivity index (χ3n) is 5.90. The smallest absolute Gasteiger partial charge is 0.345 e. The van der Waals surface area contributed by atoms with Gasteiger partial charge >= 0.3 is 11.9 Å². The first-order valence-electron chi connectivity index (χ1n) is 10.9. The Hall–Kier alpha value is -4.48. The first kappa shape index (κ1) is 23.3. The van der Waals surface area contributed by atoms with Crippen molar-refractivity contribution in [2.75, 3.05) is 6.54 Å². The number of nitrogens with zero attached hydrogens (tertiary/aromatic N) is 6. The number of halogens is 3. The summed E-state index contributed by atoms with van der Waals surface area (Å²) in [6.45, 7) is -0.215. The fraction of sp³-hybridized carbons (Fsp3) is 0.208. The molecule has 0 aliphatic heterocycles. The second-order valence-electron chi connectivity index (χ2n) is 8.33. The molecule has 0 unspecified atom stereocenters. The van der Waals surface area contributed by atoms with Crippen molar-refractivity contribution in [3.63, 3.8) is 0 Å². The van der Waals surface area contributed by atoms with E-state index in [1.54, 1.807) is 47.5 Å². The number of alkyl halides is 3. The molecular weight excluding hydrogens is 475 g/mol. The lowest BCUT2D eigenvalue weighted by molar-refractivity contribution is -0.138. The summed E-state index contributed by atoms with van der Waals surface area (Å²) in [6.07, 6.45) is 2.11. The summed E-state index contributed by atoms with van der Waals surface area (Å²) >= 11 is 0. The minimum atomic E-state index is -4.55. The van der Waals surface area contributed by atoms with E-state index in [9.17, 15) is 22.8 Å². The molecule has 9 nitrogen and oxygen atoms in total. The highest BCUT2D eigenvalue weighted by molar-refractivity contribution is 5.92. The average Bonchev–Trinajstić information content (AvgIpc) is 3.36. The molecule has 12 heteroatoms. The first-order valence-corrected chi connectivity index (χ1v) is 10.9. The summed E-state index contributed by atoms with van der Waals surface area (Å²) in [7, 11) is 1.82. The van der Waals surface area contributed by atoms with Crippen LogP contribution >= 0.6 is 0 Å². The van der Waals surface area contributed by atoms with Crippen molar-refractivity contribution in [2.24, 2.45) is 7.05 Å². The van der Waals surface area contributed by atoms with Crippen LogP contribution in [-0.4, -0.2) is 47.5 Å². The normalized spacial score (nSPS) is 11.9. The molecule has 1 aromatic carbocycles. The van der Waals surface area contributed by atoms with Crippen LogP contribution in [0, 0.1) is 6.92 Å². The van der Waals surface area contributed by atoms with E-state index in [2.05, 4.69) is 15.1 Å². The highest BCUT2D eigenvalue weighted by atomic mass is 19.4. The number of hydrogen-bond donors (Lipinski definition) is 1. The van der Waals surface area contributed by atoms with E-state index in [0.717, 1.165) is 26.6 Å². The number of carbonyl (C=O) groups is 1. The van der Waals surface area contributed by atoms with Crippen LogP contribution in [0.5, 0.6) is 0 Å². The van der Waals surface area contributed by atoms with Gasteiger partial charge in [0.1, 0.15) is 13.1 Å². The summed E-state index contributed by atoms with van der Waals surface area (Å²) in [4.78, 5) is 34.4. The van der Waals surface area contributed by atoms with Crippen LogP contribution in [0.15, 0.2) is 59.9 Å². The molecule has 5 rings (SSSR count). The fourth-order valence-corrected chi connectivity index (χ4v) is 4.20. The molecule has 0 saturated heterocycles. The number of aryl methyl sites for hydroxylation is 2. The summed E-state index contributed by atoms with van der Waals surface area (Å²) < 4.78 is 41.8. The van der Waals surface area contributed by atoms with E-state index in [4.69, 9.17) is 0 Å². The maximum atomic E-state index is 13.4. The lowest BCUT2D eigenvalue weighted by Gasteiger charge is -2.08. The van der Waals surface area contributed by atoms with Gasteiger partial charge in [0.25, 0.3) is 0 Å². The maximum absolute atomic E-state index is 13.4. The molecule has 4 heterocycles. The molecule has 0 spiro atoms. The van der Waals surface area contributed by atoms with Crippen molar-refractivity contribution in [3.8, 4) is 16.9 Å². The second-order valence-corrected chi connectivity index (χ2v) is 8.33. The Kier molecular flexibility index (Phi) is 5.58. The van der Waals surface area contributed by atoms with Crippen molar-refractivity contribution in [1.82, 2.24) is 34.2 Å². The van der Waals surface area contributed by atoms with Gasteiger partial charge in [0.15, 0.2) is 0 Å². The summed E-state index contributed by atoms with van der Waals surface area (Å²) in [5.74, 6) is -0.916. The quantitative estimate of drug-likeness (QED) is 0.404. The van der Waals surface area contributed by atoms with E-state index >= 15 is 0 Å². The summed E-state index contributed by atoms with van der Waals surface area (Å²) in [5.41, 5.74) is 3.86. The van der Waals surface area contributed by atoms with Crippen LogP contribution in [0.3, 0.4) is 0 Å². The standard InChI is InChI=1S/C24H20F3N7O2/c1-14-4-3-5-19-22(14)34(23(36)33(19)12-21(35)30-13-24(25,26)27)15-6-7-18(29-8-15)16-9-28-11-20-17(16)10-31-32(20)2/h3-11H,12-13H2,1-2H3,(H,30,35). The highest BCUT2D eigenvalue weighted by Crippen LogP contribution is 2.27. The van der Waals surface area contributed by atoms with Crippen LogP contribution < -0.4 is 11.0 Å². The van der Waals surface area contributed by atoms with Crippen LogP contribution in [0.1, 0.15) is 5.56 Å². The van der Waals surface area contributed by atoms with E-state index in [1.165, 1.54) is 10.8 Å². The predicted molar refractivity (Wildman–Crippen MR) is 127 cm³/mol. The number of para-hydroxylation sites is 1. The van der Waals surface area contributed by atoms with Gasteiger partial charge in [-0.25, -0.2) is 4.79 Å². The number of rotatable bonds is 5. The minimum Gasteiger partial charge on any atom is -0.345 e. The van der Waals surface area contributed by atoms with Crippen LogP contribution in [0.2, 0.25) is 0 Å². The second kappa shape index (κ2) is 8.63. The molecule has 0 radical (unpaired) electrons. The Morgan fingerprint density at radius 2 is 1.86 bits per heavy atom. The molecule has 0 aliphatic rings. The molecular formula is C24H20F3N7O2. The zero-order valence-electron chi connectivity index (χ0n) is 19.2. The third kappa shape index (κ3) is 4.10. The van der Waals surface area contributed by atoms with Crippen molar-refractivity contribution in [2.45, 2.75) is 19.6 Å². The van der Waals surface area contributed by atoms with Gasteiger partial charge in [0.05, 0.1) is 46.5 Å². The van der Waals surface area contributed by atoms with Crippen LogP contribution in [0.25, 0.3) is 38.9 Å². The van der Waals surface area contributed by atoms with Gasteiger partial charge in [-0.3, -0.25) is 28.6 Å². The zero-order valence-corrected chi connectivity index (χ0v) is 19.2. The van der Waals surface area contributed by atoms with E-state index in [-0.39, 0.29) is 0 Å². The first-order chi connectivity index (χ1) is 17.1. The van der Waals surface area contributed by atoms with Gasteiger partial charge in [-0.05, 0) is 30.7 Å². The topological polar surface area (TPSA) is 99.6 Å². The maximum Gasteiger partial charge on any atom is 0.405 e. The van der Waals surface area contributed by atoms with Gasteiger partial charge in [-0.15, -0.1) is 0 Å². The van der Waals surface area contributed by atoms with E-state index in [1.807, 2.05) is 25.4 Å². The molecule has 1 amide bonds. The molecule has 5 aromatic rings. The largest absolute Gasteiger partial charge is 0.405 e. The number of carbonyl (C=O) groups excluding carboxylic acids is 1. The van der Waals surface area contributed by atoms with Crippen LogP contribution in [-0.2, 0) is 18.4 Å². The lowest BCUT2D eigenvalue weighted by Crippen LogP contribution is -2.37. The number of nitrogens with one attached hydrogen (secondary N) is 1. The Bertz CT molecular complexity index is 1660. The van der Waals surface area contributed by atoms with Crippen molar-refractivity contribution in [1.29, 1.82) is 0 Å². The van der Waals surface area contributed by atoms with E-state index in [0.29, 0.717) is 22.4 Å². The predicted octanol–water partition coefficient (Wildman–Crippen LogP) is 3.12. The zero-order chi connectivity index (χ0) is 25.6. The molecule has 0 fully saturated rings. The lowest BCUT2D eigenvalue weighted by atomic mass is 10.1. The van der Waals surface area contributed by atoms with Gasteiger partial charge in [0, 0.05) is 24.2 Å². The van der Waals surface area contributed by atoms with Crippen molar-refractivity contribution in [3.05, 3.63) is 71.2 Å². The molecule has 0 saturated carbocycles. The SMILES string of the molecule is Cc1cccc2c1n(-c1ccc(-c3cncc4c3cnn4C)nc1)c(=O)n2CC(=O)NCC(F)(F)F. The van der Waals surface area contributed by atoms with Crippen molar-refractivity contribution >= 4 is 27.8 Å². The van der Waals surface area contributed by atoms with Gasteiger partial charge < -0.3 is 5.32 Å². The number of hydrogen-bond acceptors (Lipinski definition) is 5. The number of imidazole rings is 1. The number of pyridine rings is 2. The Labute approximate surface area is 201 Å². The summed E-state index contributed by atoms with van der Waals surface area (Å²) in [5, 5.41) is 6.95. The molecule has 4 aromatic heterocycles. The number of aromatic nitrogens is 6. The Morgan fingerprint density at radius 3 is 2.58 bits per heavy atom. The molecule has 1 N–H and O–H groups in total. The molecule has 0 atom stereocenters. The Morgan fingerprint density at radius 1 is 1.06 bits per heavy atom. The molecule has 0 aliphatic carbocycles. The summed E-state index contributed by atoms with van der Waals surface area (Å²) in [6, 6.07) is 8.65. The van der Waals surface area contributed by atoms with Gasteiger partial charge in [-0.2, -0.15) is 18.3 Å². The number of benzene rings is 1. The minimum absolute atomic E-state index is 0.426. The van der Waals surface area contributed by atoms with E-state index < -0.39 is 30.9 Å². The molecule has 0 bridgehead atoms. The van der Waals surface area contributed by atoms with Gasteiger partial charge in [0.2, 0.25) is 5.91 Å². The molecule has 184 valence electrons. The number of amides is 1.